The van der Waals surface area contributed by atoms with Crippen molar-refractivity contribution in [3.05, 3.63) is 34.9 Å². The number of aryl methyl sites for hydroxylation is 2. The molecule has 2 aliphatic rings. The fourth-order valence-electron chi connectivity index (χ4n) is 2.75. The van der Waals surface area contributed by atoms with Crippen LogP contribution in [0.3, 0.4) is 0 Å². The molecule has 7 nitrogen and oxygen atoms in total. The van der Waals surface area contributed by atoms with Gasteiger partial charge in [-0.1, -0.05) is 17.3 Å². The van der Waals surface area contributed by atoms with Gasteiger partial charge in [0, 0.05) is 19.5 Å². The topological polar surface area (TPSA) is 83.0 Å². The molecule has 1 aromatic rings. The second kappa shape index (κ2) is 6.90. The van der Waals surface area contributed by atoms with Crippen LogP contribution in [0.5, 0.6) is 0 Å². The van der Waals surface area contributed by atoms with Gasteiger partial charge >= 0.3 is 6.03 Å². The van der Waals surface area contributed by atoms with Crippen LogP contribution in [0.15, 0.2) is 23.4 Å². The lowest BCUT2D eigenvalue weighted by Crippen LogP contribution is -2.53. The lowest BCUT2D eigenvalue weighted by Gasteiger charge is -2.27. The largest absolute Gasteiger partial charge is 0.390 e. The van der Waals surface area contributed by atoms with Crippen molar-refractivity contribution in [1.82, 2.24) is 15.5 Å². The molecule has 2 aliphatic heterocycles. The molecular weight excluding hydrogens is 308 g/mol. The summed E-state index contributed by atoms with van der Waals surface area (Å²) in [6, 6.07) is 5.97. The summed E-state index contributed by atoms with van der Waals surface area (Å²) in [5, 5.41) is 9.66. The van der Waals surface area contributed by atoms with Gasteiger partial charge in [0.2, 0.25) is 5.91 Å². The molecule has 1 aromatic carbocycles. The molecule has 0 aliphatic carbocycles. The van der Waals surface area contributed by atoms with E-state index in [0.717, 1.165) is 11.3 Å². The zero-order chi connectivity index (χ0) is 17.1. The fraction of sp³-hybridized carbons (Fsp3) is 0.471. The Morgan fingerprint density at radius 1 is 1.42 bits per heavy atom. The summed E-state index contributed by atoms with van der Waals surface area (Å²) in [7, 11) is 0. The Kier molecular flexibility index (Phi) is 4.69. The van der Waals surface area contributed by atoms with Crippen molar-refractivity contribution in [3.63, 3.8) is 0 Å². The van der Waals surface area contributed by atoms with Crippen molar-refractivity contribution in [3.8, 4) is 0 Å². The van der Waals surface area contributed by atoms with E-state index in [1.807, 2.05) is 6.07 Å². The molecule has 0 bridgehead atoms. The third-order valence-electron chi connectivity index (χ3n) is 4.38. The first kappa shape index (κ1) is 16.3. The molecule has 2 heterocycles. The van der Waals surface area contributed by atoms with Gasteiger partial charge in [-0.15, -0.1) is 0 Å². The van der Waals surface area contributed by atoms with E-state index < -0.39 is 0 Å². The van der Waals surface area contributed by atoms with E-state index in [-0.39, 0.29) is 24.6 Å². The number of hydrogen-bond acceptors (Lipinski definition) is 4. The molecule has 24 heavy (non-hydrogen) atoms. The molecule has 128 valence electrons. The highest BCUT2D eigenvalue weighted by atomic mass is 16.6. The van der Waals surface area contributed by atoms with Crippen molar-refractivity contribution in [2.75, 3.05) is 26.2 Å². The van der Waals surface area contributed by atoms with Crippen LogP contribution in [-0.4, -0.2) is 54.8 Å². The van der Waals surface area contributed by atoms with E-state index >= 15 is 0 Å². The summed E-state index contributed by atoms with van der Waals surface area (Å²) in [6.45, 7) is 5.63. The molecule has 2 N–H and O–H groups in total. The van der Waals surface area contributed by atoms with Gasteiger partial charge in [-0.2, -0.15) is 0 Å². The van der Waals surface area contributed by atoms with Crippen LogP contribution in [0.2, 0.25) is 0 Å². The Labute approximate surface area is 141 Å². The highest BCUT2D eigenvalue weighted by Gasteiger charge is 2.25. The van der Waals surface area contributed by atoms with Gasteiger partial charge in [0.05, 0.1) is 12.3 Å². The Morgan fingerprint density at radius 3 is 3.00 bits per heavy atom. The number of nitrogens with zero attached hydrogens (tertiary/aromatic N) is 2. The van der Waals surface area contributed by atoms with E-state index in [0.29, 0.717) is 26.1 Å². The zero-order valence-electron chi connectivity index (χ0n) is 14.0. The summed E-state index contributed by atoms with van der Waals surface area (Å²) < 4.78 is 0. The van der Waals surface area contributed by atoms with E-state index in [2.05, 4.69) is 41.8 Å². The van der Waals surface area contributed by atoms with Gasteiger partial charge in [0.25, 0.3) is 0 Å². The quantitative estimate of drug-likeness (QED) is 0.865. The number of carbonyl (C=O) groups is 2. The Morgan fingerprint density at radius 2 is 2.25 bits per heavy atom. The molecule has 0 radical (unpaired) electrons. The van der Waals surface area contributed by atoms with Crippen LogP contribution in [0.25, 0.3) is 0 Å². The smallest absolute Gasteiger partial charge is 0.318 e. The van der Waals surface area contributed by atoms with Gasteiger partial charge in [-0.05, 0) is 36.6 Å². The number of amides is 3. The molecule has 0 saturated carbocycles. The molecule has 1 fully saturated rings. The maximum atomic E-state index is 12.1. The minimum atomic E-state index is -0.243. The number of hydrogen-bond donors (Lipinski definition) is 2. The Hall–Kier alpha value is -2.57. The zero-order valence-corrected chi connectivity index (χ0v) is 14.0. The van der Waals surface area contributed by atoms with Crippen molar-refractivity contribution in [2.45, 2.75) is 26.4 Å². The Balaban J connectivity index is 1.49. The third kappa shape index (κ3) is 3.67. The lowest BCUT2D eigenvalue weighted by atomic mass is 10.0. The molecule has 3 rings (SSSR count). The second-order valence-electron chi connectivity index (χ2n) is 6.23. The fourth-order valence-corrected chi connectivity index (χ4v) is 2.75. The van der Waals surface area contributed by atoms with E-state index in [9.17, 15) is 9.59 Å². The number of nitrogens with one attached hydrogen (secondary N) is 2. The molecular formula is C17H22N4O3. The number of piperazine rings is 1. The molecule has 0 spiro atoms. The van der Waals surface area contributed by atoms with Gasteiger partial charge < -0.3 is 20.4 Å². The highest BCUT2D eigenvalue weighted by molar-refractivity contribution is 6.01. The normalized spacial score (nSPS) is 20.2. The second-order valence-corrected chi connectivity index (χ2v) is 6.23. The van der Waals surface area contributed by atoms with Crippen LogP contribution in [-0.2, 0) is 9.63 Å². The van der Waals surface area contributed by atoms with Crippen molar-refractivity contribution < 1.29 is 14.4 Å². The highest BCUT2D eigenvalue weighted by Crippen LogP contribution is 2.18. The van der Waals surface area contributed by atoms with E-state index in [1.165, 1.54) is 16.0 Å². The predicted octanol–water partition coefficient (Wildman–Crippen LogP) is 0.938. The van der Waals surface area contributed by atoms with Crippen LogP contribution >= 0.6 is 0 Å². The van der Waals surface area contributed by atoms with Gasteiger partial charge in [0.1, 0.15) is 6.54 Å². The van der Waals surface area contributed by atoms with Gasteiger partial charge in [-0.25, -0.2) is 4.79 Å². The summed E-state index contributed by atoms with van der Waals surface area (Å²) in [6.07, 6.45) is 0.479. The minimum Gasteiger partial charge on any atom is -0.390 e. The van der Waals surface area contributed by atoms with Crippen LogP contribution in [0.4, 0.5) is 4.79 Å². The first-order valence-corrected chi connectivity index (χ1v) is 8.12. The number of urea groups is 1. The number of rotatable bonds is 3. The molecule has 1 atom stereocenters. The summed E-state index contributed by atoms with van der Waals surface area (Å²) in [4.78, 5) is 30.3. The predicted molar refractivity (Wildman–Crippen MR) is 89.9 cm³/mol. The van der Waals surface area contributed by atoms with Crippen LogP contribution in [0.1, 0.15) is 23.1 Å². The van der Waals surface area contributed by atoms with Gasteiger partial charge in [-0.3, -0.25) is 4.79 Å². The maximum Gasteiger partial charge on any atom is 0.318 e. The van der Waals surface area contributed by atoms with E-state index in [4.69, 9.17) is 4.84 Å². The monoisotopic (exact) mass is 330 g/mol. The average molecular weight is 330 g/mol. The Bertz CT molecular complexity index is 686. The summed E-state index contributed by atoms with van der Waals surface area (Å²) in [5.41, 5.74) is 4.41. The van der Waals surface area contributed by atoms with Crippen LogP contribution in [0, 0.1) is 13.8 Å². The first-order valence-electron chi connectivity index (χ1n) is 8.12. The van der Waals surface area contributed by atoms with Crippen molar-refractivity contribution >= 4 is 17.6 Å². The lowest BCUT2D eigenvalue weighted by molar-refractivity contribution is -0.123. The average Bonchev–Trinajstić information content (AvgIpc) is 3.04. The van der Waals surface area contributed by atoms with E-state index in [1.54, 1.807) is 0 Å². The van der Waals surface area contributed by atoms with Crippen LogP contribution < -0.4 is 10.6 Å². The number of benzene rings is 1. The van der Waals surface area contributed by atoms with Crippen molar-refractivity contribution in [1.29, 1.82) is 0 Å². The minimum absolute atomic E-state index is 0.0990. The number of oxime groups is 1. The summed E-state index contributed by atoms with van der Waals surface area (Å²) >= 11 is 0. The molecule has 0 unspecified atom stereocenters. The van der Waals surface area contributed by atoms with Crippen molar-refractivity contribution in [2.24, 2.45) is 5.16 Å². The van der Waals surface area contributed by atoms with Gasteiger partial charge in [0.15, 0.2) is 6.10 Å². The molecule has 1 saturated heterocycles. The summed E-state index contributed by atoms with van der Waals surface area (Å²) in [5.74, 6) is -0.131. The standard InChI is InChI=1S/C17H22N4O3/c1-11-3-4-13(7-12(11)2)15-8-14(24-20-15)9-19-17(23)21-6-5-18-16(22)10-21/h3-4,7,14H,5-6,8-10H2,1-2H3,(H,18,22)(H,19,23)/t14-/m1/s1. The maximum absolute atomic E-state index is 12.1. The molecule has 3 amide bonds. The first-order chi connectivity index (χ1) is 11.5. The third-order valence-corrected chi connectivity index (χ3v) is 4.38. The number of carbonyl (C=O) groups excluding carboxylic acids is 2. The SMILES string of the molecule is Cc1ccc(C2=NO[C@@H](CNC(=O)N3CCNC(=O)C3)C2)cc1C. The molecule has 0 aromatic heterocycles. The molecule has 7 heteroatoms.